The van der Waals surface area contributed by atoms with Crippen LogP contribution in [0.2, 0.25) is 0 Å². The Bertz CT molecular complexity index is 477. The summed E-state index contributed by atoms with van der Waals surface area (Å²) in [4.78, 5) is 11.8. The van der Waals surface area contributed by atoms with E-state index >= 15 is 0 Å². The van der Waals surface area contributed by atoms with Crippen molar-refractivity contribution in [3.05, 3.63) is 28.7 Å². The van der Waals surface area contributed by atoms with Crippen LogP contribution in [0.1, 0.15) is 33.1 Å². The summed E-state index contributed by atoms with van der Waals surface area (Å²) in [6.07, 6.45) is 2.75. The summed E-state index contributed by atoms with van der Waals surface area (Å²) in [5.41, 5.74) is 0.0103. The van der Waals surface area contributed by atoms with Crippen LogP contribution >= 0.6 is 15.9 Å². The maximum Gasteiger partial charge on any atom is 0.329 e. The minimum Gasteiger partial charge on any atom is -0.479 e. The number of hydrogen-bond acceptors (Lipinski definition) is 2. The molecule has 19 heavy (non-hydrogen) atoms. The van der Waals surface area contributed by atoms with E-state index in [9.17, 15) is 9.90 Å². The highest BCUT2D eigenvalue weighted by molar-refractivity contribution is 9.10. The van der Waals surface area contributed by atoms with Gasteiger partial charge in [0.1, 0.15) is 5.54 Å². The molecule has 1 aromatic rings. The molecule has 0 aliphatic heterocycles. The van der Waals surface area contributed by atoms with Gasteiger partial charge >= 0.3 is 5.97 Å². The van der Waals surface area contributed by atoms with E-state index in [0.717, 1.165) is 23.0 Å². The predicted octanol–water partition coefficient (Wildman–Crippen LogP) is 4.14. The zero-order valence-electron chi connectivity index (χ0n) is 11.3. The Morgan fingerprint density at radius 1 is 1.47 bits per heavy atom. The van der Waals surface area contributed by atoms with Gasteiger partial charge in [0.05, 0.1) is 0 Å². The van der Waals surface area contributed by atoms with Gasteiger partial charge < -0.3 is 10.4 Å². The number of carboxylic acids is 1. The number of carbonyl (C=O) groups is 1. The first-order valence-corrected chi connectivity index (χ1v) is 7.52. The molecule has 2 N–H and O–H groups in total. The van der Waals surface area contributed by atoms with Gasteiger partial charge in [-0.1, -0.05) is 48.7 Å². The fourth-order valence-corrected chi connectivity index (χ4v) is 3.42. The molecule has 1 aliphatic carbocycles. The van der Waals surface area contributed by atoms with E-state index in [0.29, 0.717) is 12.3 Å². The molecule has 1 aliphatic rings. The van der Waals surface area contributed by atoms with Crippen LogP contribution in [-0.2, 0) is 4.79 Å². The zero-order chi connectivity index (χ0) is 14.0. The summed E-state index contributed by atoms with van der Waals surface area (Å²) in [5, 5.41) is 13.0. The van der Waals surface area contributed by atoms with Crippen molar-refractivity contribution in [3.63, 3.8) is 0 Å². The highest BCUT2D eigenvalue weighted by Gasteiger charge is 2.47. The number of hydrogen-bond donors (Lipinski definition) is 2. The van der Waals surface area contributed by atoms with Crippen molar-refractivity contribution < 1.29 is 9.90 Å². The van der Waals surface area contributed by atoms with Gasteiger partial charge in [0.25, 0.3) is 0 Å². The first-order chi connectivity index (χ1) is 8.95. The molecule has 4 heteroatoms. The lowest BCUT2D eigenvalue weighted by Crippen LogP contribution is -2.55. The molecule has 3 atom stereocenters. The van der Waals surface area contributed by atoms with Crippen LogP contribution in [0, 0.1) is 11.8 Å². The largest absolute Gasteiger partial charge is 0.479 e. The first-order valence-electron chi connectivity index (χ1n) is 6.73. The summed E-state index contributed by atoms with van der Waals surface area (Å²) in [5.74, 6) is -0.214. The minimum atomic E-state index is -0.849. The summed E-state index contributed by atoms with van der Waals surface area (Å²) < 4.78 is 0.953. The number of anilines is 1. The number of benzene rings is 1. The maximum absolute atomic E-state index is 11.8. The summed E-state index contributed by atoms with van der Waals surface area (Å²) in [6, 6.07) is 7.70. The lowest BCUT2D eigenvalue weighted by Gasteiger charge is -2.43. The molecule has 3 nitrogen and oxygen atoms in total. The predicted molar refractivity (Wildman–Crippen MR) is 80.3 cm³/mol. The average molecular weight is 326 g/mol. The fourth-order valence-electron chi connectivity index (χ4n) is 3.02. The number of nitrogens with one attached hydrogen (secondary N) is 1. The molecular formula is C15H20BrNO2. The topological polar surface area (TPSA) is 49.3 Å². The Morgan fingerprint density at radius 2 is 2.21 bits per heavy atom. The van der Waals surface area contributed by atoms with Gasteiger partial charge in [-0.05, 0) is 36.5 Å². The van der Waals surface area contributed by atoms with Crippen molar-refractivity contribution in [1.29, 1.82) is 0 Å². The van der Waals surface area contributed by atoms with Crippen molar-refractivity contribution in [2.75, 3.05) is 5.32 Å². The monoisotopic (exact) mass is 325 g/mol. The minimum absolute atomic E-state index is 0.109. The summed E-state index contributed by atoms with van der Waals surface area (Å²) in [6.45, 7) is 4.19. The van der Waals surface area contributed by atoms with Gasteiger partial charge in [0, 0.05) is 10.2 Å². The lowest BCUT2D eigenvalue weighted by atomic mass is 9.68. The molecule has 0 radical (unpaired) electrons. The SMILES string of the molecule is CC1CCCC(Nc2cccc(Br)c2)(C(=O)O)C1C. The molecule has 104 valence electrons. The Morgan fingerprint density at radius 3 is 2.84 bits per heavy atom. The van der Waals surface area contributed by atoms with E-state index in [1.54, 1.807) is 0 Å². The lowest BCUT2D eigenvalue weighted by molar-refractivity contribution is -0.146. The molecule has 0 heterocycles. The average Bonchev–Trinajstić information content (AvgIpc) is 2.35. The molecule has 1 fully saturated rings. The molecule has 0 bridgehead atoms. The van der Waals surface area contributed by atoms with Gasteiger partial charge in [-0.15, -0.1) is 0 Å². The van der Waals surface area contributed by atoms with Gasteiger partial charge in [0.2, 0.25) is 0 Å². The summed E-state index contributed by atoms with van der Waals surface area (Å²) in [7, 11) is 0. The molecule has 0 saturated heterocycles. The van der Waals surface area contributed by atoms with Gasteiger partial charge in [-0.2, -0.15) is 0 Å². The summed E-state index contributed by atoms with van der Waals surface area (Å²) >= 11 is 3.42. The third-order valence-corrected chi connectivity index (χ3v) is 4.93. The van der Waals surface area contributed by atoms with Gasteiger partial charge in [0.15, 0.2) is 0 Å². The first kappa shape index (κ1) is 14.4. The molecule has 0 amide bonds. The van der Waals surface area contributed by atoms with E-state index < -0.39 is 11.5 Å². The Labute approximate surface area is 122 Å². The van der Waals surface area contributed by atoms with Crippen LogP contribution in [0.15, 0.2) is 28.7 Å². The molecule has 0 aromatic heterocycles. The maximum atomic E-state index is 11.8. The number of aliphatic carboxylic acids is 1. The van der Waals surface area contributed by atoms with E-state index in [1.807, 2.05) is 31.2 Å². The molecule has 3 unspecified atom stereocenters. The van der Waals surface area contributed by atoms with Crippen molar-refractivity contribution >= 4 is 27.6 Å². The van der Waals surface area contributed by atoms with Crippen molar-refractivity contribution in [2.24, 2.45) is 11.8 Å². The molecule has 1 saturated carbocycles. The van der Waals surface area contributed by atoms with E-state index in [2.05, 4.69) is 28.2 Å². The van der Waals surface area contributed by atoms with E-state index in [4.69, 9.17) is 0 Å². The number of halogens is 1. The van der Waals surface area contributed by atoms with E-state index in [1.165, 1.54) is 0 Å². The van der Waals surface area contributed by atoms with Crippen LogP contribution in [0.3, 0.4) is 0 Å². The fraction of sp³-hybridized carbons (Fsp3) is 0.533. The van der Waals surface area contributed by atoms with Gasteiger partial charge in [-0.25, -0.2) is 4.79 Å². The third-order valence-electron chi connectivity index (χ3n) is 4.44. The third kappa shape index (κ3) is 2.78. The molecular weight excluding hydrogens is 306 g/mol. The molecule has 1 aromatic carbocycles. The quantitative estimate of drug-likeness (QED) is 0.878. The normalized spacial score (nSPS) is 30.9. The van der Waals surface area contributed by atoms with Crippen molar-refractivity contribution in [2.45, 2.75) is 38.6 Å². The number of carboxylic acid groups (broad SMARTS) is 1. The van der Waals surface area contributed by atoms with Crippen LogP contribution in [-0.4, -0.2) is 16.6 Å². The Balaban J connectivity index is 2.32. The van der Waals surface area contributed by atoms with Gasteiger partial charge in [-0.3, -0.25) is 0 Å². The molecule has 2 rings (SSSR count). The standard InChI is InChI=1S/C15H20BrNO2/c1-10-5-4-8-15(11(10)2,14(18)19)17-13-7-3-6-12(16)9-13/h3,6-7,9-11,17H,4-5,8H2,1-2H3,(H,18,19). The highest BCUT2D eigenvalue weighted by Crippen LogP contribution is 2.40. The zero-order valence-corrected chi connectivity index (χ0v) is 12.9. The second-order valence-electron chi connectivity index (χ2n) is 5.57. The smallest absolute Gasteiger partial charge is 0.329 e. The Hall–Kier alpha value is -1.03. The Kier molecular flexibility index (Phi) is 4.19. The van der Waals surface area contributed by atoms with Crippen LogP contribution in [0.25, 0.3) is 0 Å². The van der Waals surface area contributed by atoms with Crippen LogP contribution in [0.4, 0.5) is 5.69 Å². The van der Waals surface area contributed by atoms with Crippen molar-refractivity contribution in [1.82, 2.24) is 0 Å². The van der Waals surface area contributed by atoms with Crippen LogP contribution in [0.5, 0.6) is 0 Å². The molecule has 0 spiro atoms. The number of rotatable bonds is 3. The highest BCUT2D eigenvalue weighted by atomic mass is 79.9. The second kappa shape index (κ2) is 5.53. The second-order valence-corrected chi connectivity index (χ2v) is 6.49. The van der Waals surface area contributed by atoms with Crippen LogP contribution < -0.4 is 5.32 Å². The van der Waals surface area contributed by atoms with Crippen molar-refractivity contribution in [3.8, 4) is 0 Å². The van der Waals surface area contributed by atoms with E-state index in [-0.39, 0.29) is 5.92 Å².